The lowest BCUT2D eigenvalue weighted by atomic mass is 9.97. The number of hydrogen-bond acceptors (Lipinski definition) is 4. The first-order valence-electron chi connectivity index (χ1n) is 5.38. The van der Waals surface area contributed by atoms with Crippen molar-refractivity contribution in [3.05, 3.63) is 39.7 Å². The average molecular weight is 240 g/mol. The third kappa shape index (κ3) is 2.42. The monoisotopic (exact) mass is 240 g/mol. The number of aliphatic hydroxyl groups is 1. The molecule has 0 unspecified atom stereocenters. The van der Waals surface area contributed by atoms with E-state index < -0.39 is 22.9 Å². The number of nitrogens with two attached hydrogens (primary N) is 1. The summed E-state index contributed by atoms with van der Waals surface area (Å²) >= 11 is 0. The molecule has 0 radical (unpaired) electrons. The summed E-state index contributed by atoms with van der Waals surface area (Å²) in [6, 6.07) is 2.36. The van der Waals surface area contributed by atoms with Crippen LogP contribution in [-0.2, 0) is 0 Å². The molecule has 1 aromatic rings. The molecule has 92 valence electrons. The predicted molar refractivity (Wildman–Crippen MR) is 58.7 cm³/mol. The van der Waals surface area contributed by atoms with E-state index in [1.807, 2.05) is 0 Å². The highest BCUT2D eigenvalue weighted by molar-refractivity contribution is 5.43. The fraction of sp³-hybridized carbons (Fsp3) is 0.455. The summed E-state index contributed by atoms with van der Waals surface area (Å²) in [5.41, 5.74) is 5.59. The second-order valence-corrected chi connectivity index (χ2v) is 4.31. The second kappa shape index (κ2) is 4.38. The van der Waals surface area contributed by atoms with Crippen molar-refractivity contribution in [2.24, 2.45) is 11.7 Å². The van der Waals surface area contributed by atoms with E-state index in [9.17, 15) is 19.6 Å². The van der Waals surface area contributed by atoms with Crippen LogP contribution in [0.4, 0.5) is 10.1 Å². The molecule has 1 aromatic carbocycles. The van der Waals surface area contributed by atoms with Crippen LogP contribution >= 0.6 is 0 Å². The highest BCUT2D eigenvalue weighted by atomic mass is 19.1. The first kappa shape index (κ1) is 11.9. The van der Waals surface area contributed by atoms with E-state index in [0.29, 0.717) is 0 Å². The van der Waals surface area contributed by atoms with Gasteiger partial charge < -0.3 is 10.8 Å². The van der Waals surface area contributed by atoms with E-state index in [1.54, 1.807) is 0 Å². The first-order chi connectivity index (χ1) is 8.00. The summed E-state index contributed by atoms with van der Waals surface area (Å²) in [5.74, 6) is -0.580. The van der Waals surface area contributed by atoms with Crippen LogP contribution in [0.3, 0.4) is 0 Å². The van der Waals surface area contributed by atoms with E-state index in [2.05, 4.69) is 0 Å². The third-order valence-corrected chi connectivity index (χ3v) is 3.02. The van der Waals surface area contributed by atoms with Crippen molar-refractivity contribution in [3.8, 4) is 0 Å². The van der Waals surface area contributed by atoms with Crippen molar-refractivity contribution >= 4 is 5.69 Å². The lowest BCUT2D eigenvalue weighted by Gasteiger charge is -2.18. The van der Waals surface area contributed by atoms with Gasteiger partial charge in [-0.25, -0.2) is 4.39 Å². The van der Waals surface area contributed by atoms with Gasteiger partial charge in [0, 0.05) is 5.56 Å². The van der Waals surface area contributed by atoms with Gasteiger partial charge in [-0.2, -0.15) is 0 Å². The van der Waals surface area contributed by atoms with Crippen molar-refractivity contribution in [2.45, 2.75) is 25.0 Å². The number of benzene rings is 1. The SMILES string of the molecule is N[C@@H](c1ccc(F)cc1[N+](=O)[O-])[C@H](O)C1CC1. The van der Waals surface area contributed by atoms with Gasteiger partial charge in [0.2, 0.25) is 0 Å². The Morgan fingerprint density at radius 3 is 2.71 bits per heavy atom. The maximum Gasteiger partial charge on any atom is 0.277 e. The van der Waals surface area contributed by atoms with Gasteiger partial charge in [0.25, 0.3) is 5.69 Å². The number of nitro benzene ring substituents is 1. The molecule has 0 aliphatic heterocycles. The quantitative estimate of drug-likeness (QED) is 0.616. The van der Waals surface area contributed by atoms with Gasteiger partial charge in [0.15, 0.2) is 0 Å². The molecular formula is C11H13FN2O3. The first-order valence-corrected chi connectivity index (χ1v) is 5.38. The molecule has 0 aromatic heterocycles. The van der Waals surface area contributed by atoms with Crippen LogP contribution < -0.4 is 5.73 Å². The van der Waals surface area contributed by atoms with E-state index >= 15 is 0 Å². The standard InChI is InChI=1S/C11H13FN2O3/c12-7-3-4-8(9(5-7)14(16)17)10(13)11(15)6-1-2-6/h3-6,10-11,15H,1-2,13H2/t10-,11+/m0/s1. The van der Waals surface area contributed by atoms with Crippen LogP contribution in [0, 0.1) is 21.8 Å². The van der Waals surface area contributed by atoms with Gasteiger partial charge in [-0.3, -0.25) is 10.1 Å². The van der Waals surface area contributed by atoms with Crippen LogP contribution in [-0.4, -0.2) is 16.1 Å². The minimum absolute atomic E-state index is 0.106. The molecular weight excluding hydrogens is 227 g/mol. The Morgan fingerprint density at radius 1 is 1.53 bits per heavy atom. The van der Waals surface area contributed by atoms with Crippen LogP contribution in [0.25, 0.3) is 0 Å². The van der Waals surface area contributed by atoms with E-state index in [1.165, 1.54) is 6.07 Å². The predicted octanol–water partition coefficient (Wildman–Crippen LogP) is 1.50. The summed E-state index contributed by atoms with van der Waals surface area (Å²) in [7, 11) is 0. The molecule has 17 heavy (non-hydrogen) atoms. The molecule has 1 fully saturated rings. The molecule has 0 heterocycles. The highest BCUT2D eigenvalue weighted by Gasteiger charge is 2.36. The fourth-order valence-corrected chi connectivity index (χ4v) is 1.87. The summed E-state index contributed by atoms with van der Waals surface area (Å²) in [5, 5.41) is 20.6. The Bertz CT molecular complexity index is 448. The molecule has 1 aliphatic rings. The van der Waals surface area contributed by atoms with Crippen LogP contribution in [0.5, 0.6) is 0 Å². The lowest BCUT2D eigenvalue weighted by molar-refractivity contribution is -0.386. The Hall–Kier alpha value is -1.53. The lowest BCUT2D eigenvalue weighted by Crippen LogP contribution is -2.28. The van der Waals surface area contributed by atoms with Gasteiger partial charge in [0.1, 0.15) is 5.82 Å². The van der Waals surface area contributed by atoms with Crippen LogP contribution in [0.15, 0.2) is 18.2 Å². The summed E-state index contributed by atoms with van der Waals surface area (Å²) in [6.07, 6.45) is 0.951. The minimum atomic E-state index is -0.844. The number of aliphatic hydroxyl groups excluding tert-OH is 1. The topological polar surface area (TPSA) is 89.4 Å². The van der Waals surface area contributed by atoms with E-state index in [0.717, 1.165) is 25.0 Å². The fourth-order valence-electron chi connectivity index (χ4n) is 1.87. The van der Waals surface area contributed by atoms with E-state index in [4.69, 9.17) is 5.73 Å². The molecule has 3 N–H and O–H groups in total. The van der Waals surface area contributed by atoms with Gasteiger partial charge in [-0.1, -0.05) is 0 Å². The molecule has 0 saturated heterocycles. The maximum atomic E-state index is 12.9. The molecule has 0 spiro atoms. The Morgan fingerprint density at radius 2 is 2.18 bits per heavy atom. The van der Waals surface area contributed by atoms with Gasteiger partial charge in [-0.15, -0.1) is 0 Å². The number of halogens is 1. The van der Waals surface area contributed by atoms with Gasteiger partial charge in [0.05, 0.1) is 23.1 Å². The van der Waals surface area contributed by atoms with Gasteiger partial charge in [-0.05, 0) is 30.9 Å². The van der Waals surface area contributed by atoms with Gasteiger partial charge >= 0.3 is 0 Å². The molecule has 0 amide bonds. The molecule has 0 bridgehead atoms. The van der Waals surface area contributed by atoms with E-state index in [-0.39, 0.29) is 17.2 Å². The molecule has 5 nitrogen and oxygen atoms in total. The largest absolute Gasteiger partial charge is 0.391 e. The molecule has 6 heteroatoms. The minimum Gasteiger partial charge on any atom is -0.391 e. The zero-order chi connectivity index (χ0) is 12.6. The molecule has 2 rings (SSSR count). The van der Waals surface area contributed by atoms with Crippen molar-refractivity contribution in [2.75, 3.05) is 0 Å². The summed E-state index contributed by atoms with van der Waals surface area (Å²) < 4.78 is 12.9. The molecule has 1 saturated carbocycles. The molecule has 1 aliphatic carbocycles. The number of rotatable bonds is 4. The number of nitro groups is 1. The zero-order valence-corrected chi connectivity index (χ0v) is 9.04. The number of nitrogens with zero attached hydrogens (tertiary/aromatic N) is 1. The normalized spacial score (nSPS) is 18.8. The third-order valence-electron chi connectivity index (χ3n) is 3.02. The van der Waals surface area contributed by atoms with Crippen molar-refractivity contribution in [3.63, 3.8) is 0 Å². The molecule has 2 atom stereocenters. The Labute approximate surface area is 97.2 Å². The smallest absolute Gasteiger partial charge is 0.277 e. The Kier molecular flexibility index (Phi) is 3.08. The summed E-state index contributed by atoms with van der Waals surface area (Å²) in [6.45, 7) is 0. The highest BCUT2D eigenvalue weighted by Crippen LogP contribution is 2.39. The van der Waals surface area contributed by atoms with Crippen molar-refractivity contribution in [1.29, 1.82) is 0 Å². The number of hydrogen-bond donors (Lipinski definition) is 2. The second-order valence-electron chi connectivity index (χ2n) is 4.31. The van der Waals surface area contributed by atoms with Crippen molar-refractivity contribution in [1.82, 2.24) is 0 Å². The Balaban J connectivity index is 2.32. The zero-order valence-electron chi connectivity index (χ0n) is 9.04. The van der Waals surface area contributed by atoms with Crippen molar-refractivity contribution < 1.29 is 14.4 Å². The maximum absolute atomic E-state index is 12.9. The summed E-state index contributed by atoms with van der Waals surface area (Å²) in [4.78, 5) is 10.1. The average Bonchev–Trinajstić information content (AvgIpc) is 3.10. The van der Waals surface area contributed by atoms with Crippen LogP contribution in [0.2, 0.25) is 0 Å². The van der Waals surface area contributed by atoms with Crippen LogP contribution in [0.1, 0.15) is 24.4 Å².